The van der Waals surface area contributed by atoms with Crippen molar-refractivity contribution in [2.24, 2.45) is 0 Å². The van der Waals surface area contributed by atoms with Crippen molar-refractivity contribution in [3.8, 4) is 22.7 Å². The molecule has 2 heterocycles. The van der Waals surface area contributed by atoms with Gasteiger partial charge >= 0.3 is 0 Å². The maximum Gasteiger partial charge on any atom is 0.262 e. The smallest absolute Gasteiger partial charge is 0.262 e. The summed E-state index contributed by atoms with van der Waals surface area (Å²) in [5.41, 5.74) is 5.44. The Kier molecular flexibility index (Phi) is 6.11. The summed E-state index contributed by atoms with van der Waals surface area (Å²) in [6, 6.07) is 18.1. The highest BCUT2D eigenvalue weighted by Gasteiger charge is 2.27. The molecule has 0 radical (unpaired) electrons. The molecule has 2 aromatic carbocycles. The third-order valence-corrected chi connectivity index (χ3v) is 7.12. The van der Waals surface area contributed by atoms with Crippen molar-refractivity contribution in [2.45, 2.75) is 77.2 Å². The molecule has 0 amide bonds. The third-order valence-electron chi connectivity index (χ3n) is 7.12. The van der Waals surface area contributed by atoms with Crippen LogP contribution in [0.1, 0.15) is 75.6 Å². The highest BCUT2D eigenvalue weighted by atomic mass is 16.5. The van der Waals surface area contributed by atoms with Crippen molar-refractivity contribution >= 4 is 0 Å². The quantitative estimate of drug-likeness (QED) is 0.429. The standard InChI is InChI=1S/C28H35N2O/c1-2-31-26-18-16-25(17-19-26)30-21-27(29-20-8-4-7-11-28(29)30)24-14-12-23(13-15-24)22-9-5-3-6-10-22/h12-19,21-22H,2-11,20H2,1H3/q+1. The minimum atomic E-state index is 0.703. The van der Waals surface area contributed by atoms with Gasteiger partial charge in [-0.1, -0.05) is 43.5 Å². The van der Waals surface area contributed by atoms with Crippen LogP contribution >= 0.6 is 0 Å². The number of nitrogens with zero attached hydrogens (tertiary/aromatic N) is 2. The van der Waals surface area contributed by atoms with E-state index < -0.39 is 0 Å². The van der Waals surface area contributed by atoms with Crippen molar-refractivity contribution in [1.82, 2.24) is 4.57 Å². The molecule has 3 aromatic rings. The van der Waals surface area contributed by atoms with E-state index in [-0.39, 0.29) is 0 Å². The van der Waals surface area contributed by atoms with Crippen LogP contribution in [0.4, 0.5) is 0 Å². The minimum absolute atomic E-state index is 0.703. The molecule has 0 atom stereocenters. The van der Waals surface area contributed by atoms with Gasteiger partial charge in [0, 0.05) is 12.0 Å². The van der Waals surface area contributed by atoms with E-state index in [0.29, 0.717) is 6.61 Å². The fourth-order valence-corrected chi connectivity index (χ4v) is 5.46. The Hall–Kier alpha value is -2.55. The van der Waals surface area contributed by atoms with E-state index in [1.807, 2.05) is 6.92 Å². The molecule has 31 heavy (non-hydrogen) atoms. The fraction of sp³-hybridized carbons (Fsp3) is 0.464. The molecule has 1 aliphatic heterocycles. The van der Waals surface area contributed by atoms with E-state index in [0.717, 1.165) is 24.6 Å². The molecule has 0 N–H and O–H groups in total. The lowest BCUT2D eigenvalue weighted by molar-refractivity contribution is -0.692. The summed E-state index contributed by atoms with van der Waals surface area (Å²) in [5.74, 6) is 3.13. The lowest BCUT2D eigenvalue weighted by Crippen LogP contribution is -2.38. The molecule has 0 spiro atoms. The van der Waals surface area contributed by atoms with Crippen LogP contribution in [-0.4, -0.2) is 11.2 Å². The van der Waals surface area contributed by atoms with Gasteiger partial charge in [-0.2, -0.15) is 4.57 Å². The van der Waals surface area contributed by atoms with E-state index in [4.69, 9.17) is 4.74 Å². The first-order chi connectivity index (χ1) is 15.3. The van der Waals surface area contributed by atoms with Crippen LogP contribution in [0.2, 0.25) is 0 Å². The minimum Gasteiger partial charge on any atom is -0.494 e. The van der Waals surface area contributed by atoms with Gasteiger partial charge in [-0.3, -0.25) is 0 Å². The van der Waals surface area contributed by atoms with Crippen molar-refractivity contribution in [3.63, 3.8) is 0 Å². The first-order valence-electron chi connectivity index (χ1n) is 12.3. The number of ether oxygens (including phenoxy) is 1. The average molecular weight is 416 g/mol. The number of hydrogen-bond donors (Lipinski definition) is 0. The second kappa shape index (κ2) is 9.30. The lowest BCUT2D eigenvalue weighted by atomic mass is 9.84. The molecular formula is C28H35N2O+. The maximum atomic E-state index is 5.65. The molecule has 1 saturated carbocycles. The number of imidazole rings is 1. The van der Waals surface area contributed by atoms with Crippen molar-refractivity contribution < 1.29 is 9.30 Å². The molecule has 1 aromatic heterocycles. The zero-order valence-electron chi connectivity index (χ0n) is 18.9. The second-order valence-electron chi connectivity index (χ2n) is 9.15. The Morgan fingerprint density at radius 2 is 1.61 bits per heavy atom. The highest BCUT2D eigenvalue weighted by Crippen LogP contribution is 2.33. The van der Waals surface area contributed by atoms with Gasteiger partial charge in [0.2, 0.25) is 0 Å². The molecule has 162 valence electrons. The maximum absolute atomic E-state index is 5.65. The van der Waals surface area contributed by atoms with Gasteiger partial charge < -0.3 is 4.74 Å². The summed E-state index contributed by atoms with van der Waals surface area (Å²) in [7, 11) is 0. The molecule has 3 nitrogen and oxygen atoms in total. The largest absolute Gasteiger partial charge is 0.494 e. The highest BCUT2D eigenvalue weighted by molar-refractivity contribution is 5.57. The summed E-state index contributed by atoms with van der Waals surface area (Å²) < 4.78 is 10.6. The normalized spacial score (nSPS) is 17.2. The number of fused-ring (bicyclic) bond motifs is 1. The Labute approximate surface area is 186 Å². The van der Waals surface area contributed by atoms with Crippen molar-refractivity contribution in [1.29, 1.82) is 0 Å². The molecule has 5 rings (SSSR count). The molecule has 1 aliphatic carbocycles. The van der Waals surface area contributed by atoms with Gasteiger partial charge in [0.15, 0.2) is 5.69 Å². The summed E-state index contributed by atoms with van der Waals surface area (Å²) in [5, 5.41) is 0. The first kappa shape index (κ1) is 20.4. The van der Waals surface area contributed by atoms with Crippen LogP contribution < -0.4 is 9.30 Å². The monoisotopic (exact) mass is 415 g/mol. The molecule has 2 aliphatic rings. The van der Waals surface area contributed by atoms with Crippen LogP contribution in [0.15, 0.2) is 54.7 Å². The SMILES string of the molecule is CCOc1ccc(-n2cc(-c3ccc(C4CCCCC4)cc3)[n+]3c2CCCCC3)cc1. The van der Waals surface area contributed by atoms with Crippen LogP contribution in [0.5, 0.6) is 5.75 Å². The van der Waals surface area contributed by atoms with Crippen LogP contribution in [0.25, 0.3) is 16.9 Å². The van der Waals surface area contributed by atoms with Gasteiger partial charge in [-0.25, -0.2) is 4.57 Å². The number of aromatic nitrogens is 2. The van der Waals surface area contributed by atoms with E-state index >= 15 is 0 Å². The number of benzene rings is 2. The number of hydrogen-bond acceptors (Lipinski definition) is 1. The number of rotatable bonds is 5. The fourth-order valence-electron chi connectivity index (χ4n) is 5.46. The van der Waals surface area contributed by atoms with Crippen molar-refractivity contribution in [2.75, 3.05) is 6.61 Å². The Bertz CT molecular complexity index is 995. The van der Waals surface area contributed by atoms with Gasteiger partial charge in [-0.05, 0) is 74.8 Å². The predicted molar refractivity (Wildman–Crippen MR) is 126 cm³/mol. The zero-order chi connectivity index (χ0) is 21.0. The summed E-state index contributed by atoms with van der Waals surface area (Å²) in [6.45, 7) is 3.84. The van der Waals surface area contributed by atoms with Gasteiger partial charge in [0.25, 0.3) is 5.82 Å². The molecule has 0 bridgehead atoms. The molecule has 0 unspecified atom stereocenters. The van der Waals surface area contributed by atoms with Crippen LogP contribution in [-0.2, 0) is 13.0 Å². The van der Waals surface area contributed by atoms with Crippen LogP contribution in [0, 0.1) is 0 Å². The second-order valence-corrected chi connectivity index (χ2v) is 9.15. The molecule has 1 fully saturated rings. The van der Waals surface area contributed by atoms with E-state index in [1.165, 1.54) is 79.7 Å². The van der Waals surface area contributed by atoms with E-state index in [1.54, 1.807) is 0 Å². The van der Waals surface area contributed by atoms with E-state index in [9.17, 15) is 0 Å². The Morgan fingerprint density at radius 3 is 2.35 bits per heavy atom. The lowest BCUT2D eigenvalue weighted by Gasteiger charge is -2.22. The zero-order valence-corrected chi connectivity index (χ0v) is 18.9. The Morgan fingerprint density at radius 1 is 0.871 bits per heavy atom. The first-order valence-corrected chi connectivity index (χ1v) is 12.3. The Balaban J connectivity index is 1.50. The van der Waals surface area contributed by atoms with Gasteiger partial charge in [-0.15, -0.1) is 0 Å². The predicted octanol–water partition coefficient (Wildman–Crippen LogP) is 6.60. The van der Waals surface area contributed by atoms with Crippen LogP contribution in [0.3, 0.4) is 0 Å². The van der Waals surface area contributed by atoms with E-state index in [2.05, 4.69) is 63.9 Å². The molecular weight excluding hydrogens is 380 g/mol. The summed E-state index contributed by atoms with van der Waals surface area (Å²) in [4.78, 5) is 0. The topological polar surface area (TPSA) is 18.0 Å². The molecule has 3 heteroatoms. The summed E-state index contributed by atoms with van der Waals surface area (Å²) in [6.07, 6.45) is 14.2. The molecule has 0 saturated heterocycles. The van der Waals surface area contributed by atoms with Gasteiger partial charge in [0.1, 0.15) is 17.6 Å². The van der Waals surface area contributed by atoms with Gasteiger partial charge in [0.05, 0.1) is 13.2 Å². The van der Waals surface area contributed by atoms with Crippen molar-refractivity contribution in [3.05, 3.63) is 66.1 Å². The average Bonchev–Trinajstić information content (AvgIpc) is 3.01. The third kappa shape index (κ3) is 4.28. The summed E-state index contributed by atoms with van der Waals surface area (Å²) >= 11 is 0.